The van der Waals surface area contributed by atoms with Crippen LogP contribution in [0.2, 0.25) is 0 Å². The van der Waals surface area contributed by atoms with Gasteiger partial charge in [-0.05, 0) is 24.9 Å². The molecule has 0 aromatic heterocycles. The van der Waals surface area contributed by atoms with Crippen molar-refractivity contribution >= 4 is 11.6 Å². The van der Waals surface area contributed by atoms with Crippen LogP contribution in [0, 0.1) is 0 Å². The van der Waals surface area contributed by atoms with Gasteiger partial charge in [-0.1, -0.05) is 30.3 Å². The van der Waals surface area contributed by atoms with E-state index >= 15 is 0 Å². The standard InChI is InChI=1S/C21H26N2O4/c1-25-18-12-16(13-19(26-2)21(18)27-3)22-20(24)14-23-11-7-10-17(23)15-8-5-4-6-9-15/h4-6,8-9,12-13,17H,7,10-11,14H2,1-3H3,(H,22,24)/t17-/m1/s1. The average molecular weight is 370 g/mol. The van der Waals surface area contributed by atoms with Crippen molar-refractivity contribution in [2.45, 2.75) is 18.9 Å². The molecule has 1 amide bonds. The van der Waals surface area contributed by atoms with Gasteiger partial charge in [0, 0.05) is 23.9 Å². The lowest BCUT2D eigenvalue weighted by atomic mass is 10.0. The zero-order chi connectivity index (χ0) is 19.2. The molecule has 1 saturated heterocycles. The number of likely N-dealkylation sites (tertiary alicyclic amines) is 1. The van der Waals surface area contributed by atoms with E-state index in [0.717, 1.165) is 19.4 Å². The summed E-state index contributed by atoms with van der Waals surface area (Å²) >= 11 is 0. The molecule has 2 aromatic rings. The van der Waals surface area contributed by atoms with E-state index in [4.69, 9.17) is 14.2 Å². The first-order valence-corrected chi connectivity index (χ1v) is 9.05. The Morgan fingerprint density at radius 1 is 1.07 bits per heavy atom. The summed E-state index contributed by atoms with van der Waals surface area (Å²) in [5, 5.41) is 2.95. The second-order valence-electron chi connectivity index (χ2n) is 6.50. The van der Waals surface area contributed by atoms with Gasteiger partial charge in [-0.25, -0.2) is 0 Å². The molecule has 0 unspecified atom stereocenters. The Hall–Kier alpha value is -2.73. The molecule has 1 heterocycles. The fourth-order valence-electron chi connectivity index (χ4n) is 3.61. The minimum absolute atomic E-state index is 0.0629. The monoisotopic (exact) mass is 370 g/mol. The van der Waals surface area contributed by atoms with Gasteiger partial charge in [-0.3, -0.25) is 9.69 Å². The summed E-state index contributed by atoms with van der Waals surface area (Å²) < 4.78 is 16.0. The Balaban J connectivity index is 1.70. The van der Waals surface area contributed by atoms with Gasteiger partial charge in [0.15, 0.2) is 11.5 Å². The molecule has 0 aliphatic carbocycles. The fraction of sp³-hybridized carbons (Fsp3) is 0.381. The van der Waals surface area contributed by atoms with Gasteiger partial charge in [-0.2, -0.15) is 0 Å². The van der Waals surface area contributed by atoms with E-state index in [1.54, 1.807) is 33.5 Å². The number of carbonyl (C=O) groups excluding carboxylic acids is 1. The lowest BCUT2D eigenvalue weighted by Crippen LogP contribution is -2.32. The van der Waals surface area contributed by atoms with Crippen molar-refractivity contribution in [1.29, 1.82) is 0 Å². The second-order valence-corrected chi connectivity index (χ2v) is 6.50. The molecule has 0 radical (unpaired) electrons. The number of amides is 1. The Bertz CT molecular complexity index is 754. The quantitative estimate of drug-likeness (QED) is 0.808. The molecule has 6 nitrogen and oxygen atoms in total. The second kappa shape index (κ2) is 8.77. The van der Waals surface area contributed by atoms with Gasteiger partial charge in [0.05, 0.1) is 27.9 Å². The number of ether oxygens (including phenoxy) is 3. The van der Waals surface area contributed by atoms with Crippen LogP contribution in [0.4, 0.5) is 5.69 Å². The summed E-state index contributed by atoms with van der Waals surface area (Å²) in [7, 11) is 4.66. The van der Waals surface area contributed by atoms with Crippen molar-refractivity contribution in [3.63, 3.8) is 0 Å². The third-order valence-electron chi connectivity index (χ3n) is 4.84. The minimum Gasteiger partial charge on any atom is -0.493 e. The smallest absolute Gasteiger partial charge is 0.238 e. The Morgan fingerprint density at radius 3 is 2.33 bits per heavy atom. The van der Waals surface area contributed by atoms with Gasteiger partial charge in [-0.15, -0.1) is 0 Å². The highest BCUT2D eigenvalue weighted by atomic mass is 16.5. The molecule has 6 heteroatoms. The SMILES string of the molecule is COc1cc(NC(=O)CN2CCC[C@@H]2c2ccccc2)cc(OC)c1OC. The van der Waals surface area contributed by atoms with Crippen LogP contribution in [0.3, 0.4) is 0 Å². The molecule has 3 rings (SSSR count). The molecule has 1 aliphatic rings. The number of methoxy groups -OCH3 is 3. The van der Waals surface area contributed by atoms with Crippen LogP contribution in [-0.4, -0.2) is 45.2 Å². The third-order valence-corrected chi connectivity index (χ3v) is 4.84. The van der Waals surface area contributed by atoms with Crippen LogP contribution in [0.15, 0.2) is 42.5 Å². The summed E-state index contributed by atoms with van der Waals surface area (Å²) in [5.41, 5.74) is 1.88. The topological polar surface area (TPSA) is 60.0 Å². The van der Waals surface area contributed by atoms with Gasteiger partial charge in [0.1, 0.15) is 0 Å². The molecular weight excluding hydrogens is 344 g/mol. The van der Waals surface area contributed by atoms with E-state index in [1.807, 2.05) is 18.2 Å². The maximum Gasteiger partial charge on any atom is 0.238 e. The van der Waals surface area contributed by atoms with Crippen molar-refractivity contribution in [1.82, 2.24) is 4.90 Å². The maximum atomic E-state index is 12.6. The van der Waals surface area contributed by atoms with Crippen LogP contribution >= 0.6 is 0 Å². The largest absolute Gasteiger partial charge is 0.493 e. The molecule has 2 aromatic carbocycles. The first kappa shape index (κ1) is 19.0. The summed E-state index contributed by atoms with van der Waals surface area (Å²) in [5.74, 6) is 1.46. The third kappa shape index (κ3) is 4.34. The van der Waals surface area contributed by atoms with Crippen LogP contribution in [0.25, 0.3) is 0 Å². The zero-order valence-electron chi connectivity index (χ0n) is 16.0. The number of nitrogens with zero attached hydrogens (tertiary/aromatic N) is 1. The minimum atomic E-state index is -0.0629. The Morgan fingerprint density at radius 2 is 1.74 bits per heavy atom. The zero-order valence-corrected chi connectivity index (χ0v) is 16.0. The van der Waals surface area contributed by atoms with Gasteiger partial charge >= 0.3 is 0 Å². The number of carbonyl (C=O) groups is 1. The highest BCUT2D eigenvalue weighted by Crippen LogP contribution is 2.40. The normalized spacial score (nSPS) is 16.8. The molecule has 1 N–H and O–H groups in total. The van der Waals surface area contributed by atoms with Crippen LogP contribution in [0.5, 0.6) is 17.2 Å². The number of benzene rings is 2. The highest BCUT2D eigenvalue weighted by molar-refractivity contribution is 5.93. The molecule has 1 atom stereocenters. The predicted octanol–water partition coefficient (Wildman–Crippen LogP) is 3.49. The Labute approximate surface area is 160 Å². The molecule has 0 spiro atoms. The summed E-state index contributed by atoms with van der Waals surface area (Å²) in [6.45, 7) is 1.26. The lowest BCUT2D eigenvalue weighted by molar-refractivity contribution is -0.117. The number of nitrogens with one attached hydrogen (secondary N) is 1. The number of hydrogen-bond donors (Lipinski definition) is 1. The predicted molar refractivity (Wildman–Crippen MR) is 105 cm³/mol. The van der Waals surface area contributed by atoms with E-state index in [9.17, 15) is 4.79 Å². The average Bonchev–Trinajstić information content (AvgIpc) is 3.15. The van der Waals surface area contributed by atoms with Gasteiger partial charge in [0.25, 0.3) is 0 Å². The molecule has 0 saturated carbocycles. The van der Waals surface area contributed by atoms with E-state index in [1.165, 1.54) is 5.56 Å². The molecule has 0 bridgehead atoms. The molecule has 144 valence electrons. The van der Waals surface area contributed by atoms with Crippen LogP contribution in [-0.2, 0) is 4.79 Å². The lowest BCUT2D eigenvalue weighted by Gasteiger charge is -2.24. The summed E-state index contributed by atoms with van der Waals surface area (Å²) in [4.78, 5) is 14.9. The van der Waals surface area contributed by atoms with Crippen LogP contribution in [0.1, 0.15) is 24.4 Å². The van der Waals surface area contributed by atoms with Crippen molar-refractivity contribution in [2.24, 2.45) is 0 Å². The van der Waals surface area contributed by atoms with E-state index in [-0.39, 0.29) is 11.9 Å². The van der Waals surface area contributed by atoms with E-state index < -0.39 is 0 Å². The molecular formula is C21H26N2O4. The van der Waals surface area contributed by atoms with Crippen molar-refractivity contribution in [3.05, 3.63) is 48.0 Å². The number of hydrogen-bond acceptors (Lipinski definition) is 5. The highest BCUT2D eigenvalue weighted by Gasteiger charge is 2.27. The molecule has 1 aliphatic heterocycles. The first-order valence-electron chi connectivity index (χ1n) is 9.05. The molecule has 1 fully saturated rings. The number of rotatable bonds is 7. The summed E-state index contributed by atoms with van der Waals surface area (Å²) in [6, 6.07) is 14.1. The van der Waals surface area contributed by atoms with Crippen molar-refractivity contribution < 1.29 is 19.0 Å². The maximum absolute atomic E-state index is 12.6. The summed E-state index contributed by atoms with van der Waals surface area (Å²) in [6.07, 6.45) is 2.17. The first-order chi connectivity index (χ1) is 13.2. The van der Waals surface area contributed by atoms with Crippen molar-refractivity contribution in [2.75, 3.05) is 39.7 Å². The molecule has 27 heavy (non-hydrogen) atoms. The van der Waals surface area contributed by atoms with E-state index in [2.05, 4.69) is 22.3 Å². The van der Waals surface area contributed by atoms with E-state index in [0.29, 0.717) is 29.5 Å². The number of anilines is 1. The van der Waals surface area contributed by atoms with Gasteiger partial charge in [0.2, 0.25) is 11.7 Å². The Kier molecular flexibility index (Phi) is 6.19. The van der Waals surface area contributed by atoms with Gasteiger partial charge < -0.3 is 19.5 Å². The van der Waals surface area contributed by atoms with Crippen LogP contribution < -0.4 is 19.5 Å². The fourth-order valence-corrected chi connectivity index (χ4v) is 3.61. The van der Waals surface area contributed by atoms with Crippen molar-refractivity contribution in [3.8, 4) is 17.2 Å².